The number of nitrogens with one attached hydrogen (secondary N) is 4. The van der Waals surface area contributed by atoms with Crippen LogP contribution in [0.2, 0.25) is 0 Å². The molecular weight excluding hydrogens is 693 g/mol. The molecule has 264 valence electrons. The Balaban J connectivity index is 0.000000177. The second-order valence-electron chi connectivity index (χ2n) is 12.0. The lowest BCUT2D eigenvalue weighted by molar-refractivity contribution is -0.171. The van der Waals surface area contributed by atoms with E-state index in [0.29, 0.717) is 46.0 Å². The lowest BCUT2D eigenvalue weighted by Crippen LogP contribution is -2.45. The largest absolute Gasteiger partial charge is 0.391 e. The van der Waals surface area contributed by atoms with Crippen LogP contribution in [-0.2, 0) is 14.4 Å². The Morgan fingerprint density at radius 2 is 1.29 bits per heavy atom. The van der Waals surface area contributed by atoms with Crippen LogP contribution in [0.3, 0.4) is 0 Å². The highest BCUT2D eigenvalue weighted by molar-refractivity contribution is 7.71. The number of nitrogens with zero attached hydrogens (tertiary/aromatic N) is 4. The average Bonchev–Trinajstić information content (AvgIpc) is 3.73. The van der Waals surface area contributed by atoms with Crippen molar-refractivity contribution in [1.82, 2.24) is 39.5 Å². The maximum Gasteiger partial charge on any atom is 0.274 e. The van der Waals surface area contributed by atoms with Crippen LogP contribution in [0, 0.1) is 9.28 Å². The van der Waals surface area contributed by atoms with Gasteiger partial charge in [0.05, 0.1) is 24.2 Å². The van der Waals surface area contributed by atoms with Crippen molar-refractivity contribution in [3.8, 4) is 0 Å². The summed E-state index contributed by atoms with van der Waals surface area (Å²) >= 11 is 11.0. The molecule has 3 atom stereocenters. The average molecular weight is 729 g/mol. The zero-order valence-corrected chi connectivity index (χ0v) is 29.4. The molecule has 6 aromatic rings. The molecule has 5 heterocycles. The number of piperidine rings is 1. The predicted octanol–water partition coefficient (Wildman–Crippen LogP) is 3.96. The zero-order valence-electron chi connectivity index (χ0n) is 27.7. The Labute approximate surface area is 300 Å². The summed E-state index contributed by atoms with van der Waals surface area (Å²) in [5, 5.41) is 22.4. The van der Waals surface area contributed by atoms with E-state index >= 15 is 0 Å². The maximum atomic E-state index is 13.4. The Kier molecular flexibility index (Phi) is 10.6. The number of aliphatic hydroxyl groups excluding tert-OH is 1. The number of amides is 2. The van der Waals surface area contributed by atoms with Gasteiger partial charge >= 0.3 is 0 Å². The number of rotatable bonds is 7. The van der Waals surface area contributed by atoms with Crippen LogP contribution in [0.1, 0.15) is 36.1 Å². The van der Waals surface area contributed by atoms with Gasteiger partial charge in [-0.05, 0) is 36.1 Å². The van der Waals surface area contributed by atoms with E-state index in [-0.39, 0.29) is 27.6 Å². The van der Waals surface area contributed by atoms with Crippen molar-refractivity contribution in [3.05, 3.63) is 126 Å². The van der Waals surface area contributed by atoms with Gasteiger partial charge in [0.2, 0.25) is 5.91 Å². The molecule has 0 spiro atoms. The highest BCUT2D eigenvalue weighted by Crippen LogP contribution is 2.26. The minimum Gasteiger partial charge on any atom is -0.391 e. The van der Waals surface area contributed by atoms with E-state index < -0.39 is 18.2 Å². The Morgan fingerprint density at radius 3 is 1.78 bits per heavy atom. The van der Waals surface area contributed by atoms with Crippen molar-refractivity contribution >= 4 is 58.1 Å². The van der Waals surface area contributed by atoms with Crippen LogP contribution in [-0.4, -0.2) is 89.8 Å². The van der Waals surface area contributed by atoms with Gasteiger partial charge in [-0.1, -0.05) is 85.1 Å². The molecule has 1 aliphatic heterocycles. The molecule has 1 saturated heterocycles. The maximum absolute atomic E-state index is 13.4. The van der Waals surface area contributed by atoms with Crippen molar-refractivity contribution in [1.29, 1.82) is 0 Å². The molecule has 2 aromatic carbocycles. The van der Waals surface area contributed by atoms with Gasteiger partial charge in [-0.25, -0.2) is 5.06 Å². The first-order valence-electron chi connectivity index (χ1n) is 16.1. The quantitative estimate of drug-likeness (QED) is 0.121. The number of H-pyrrole nitrogens is 4. The van der Waals surface area contributed by atoms with E-state index in [1.54, 1.807) is 38.6 Å². The van der Waals surface area contributed by atoms with Gasteiger partial charge in [0, 0.05) is 32.5 Å². The van der Waals surface area contributed by atoms with Crippen LogP contribution >= 0.6 is 24.4 Å². The second kappa shape index (κ2) is 15.2. The van der Waals surface area contributed by atoms with Crippen LogP contribution in [0.4, 0.5) is 0 Å². The monoisotopic (exact) mass is 728 g/mol. The third-order valence-electron chi connectivity index (χ3n) is 8.86. The first-order chi connectivity index (χ1) is 24.6. The van der Waals surface area contributed by atoms with Crippen LogP contribution < -0.4 is 11.1 Å². The number of carbonyl (C=O) groups is 2. The number of aromatic nitrogens is 6. The minimum absolute atomic E-state index is 0.137. The third kappa shape index (κ3) is 7.12. The molecule has 0 saturated carbocycles. The lowest BCUT2D eigenvalue weighted by atomic mass is 10.0. The first-order valence-corrected chi connectivity index (χ1v) is 16.9. The topological polar surface area (TPSA) is 177 Å². The standard InChI is InChI=1S/C19H20N4O3S.C16H16N4O3S/c24-13-7-4-9-22(11-13)18(26)16(12-5-2-1-3-6-12)23-10-8-14-15(19(23)27)17(25)21-20-14;1-19(23-2)15(22)13(10-6-4-3-5-7-10)20-9-8-11-12(16(20)24)14(21)18-17-11/h1-3,5-6,8,10,13,16,24H,4,7,9,11H2,(H2,20,21,25);3-9,13H,1-2H3,(H2,17,18,21). The van der Waals surface area contributed by atoms with Crippen molar-refractivity contribution in [3.63, 3.8) is 0 Å². The third-order valence-corrected chi connectivity index (χ3v) is 9.69. The number of aliphatic hydroxyl groups is 1. The summed E-state index contributed by atoms with van der Waals surface area (Å²) in [5.74, 6) is -0.437. The second-order valence-corrected chi connectivity index (χ2v) is 12.8. The molecule has 1 aliphatic rings. The number of pyridine rings is 2. The highest BCUT2D eigenvalue weighted by Gasteiger charge is 2.31. The number of likely N-dealkylation sites (tertiary alicyclic amines) is 1. The predicted molar refractivity (Wildman–Crippen MR) is 196 cm³/mol. The van der Waals surface area contributed by atoms with Crippen molar-refractivity contribution in [2.45, 2.75) is 31.0 Å². The zero-order chi connectivity index (χ0) is 36.2. The molecule has 2 amide bonds. The number of aromatic amines is 4. The van der Waals surface area contributed by atoms with Crippen LogP contribution in [0.25, 0.3) is 21.8 Å². The molecule has 0 aliphatic carbocycles. The summed E-state index contributed by atoms with van der Waals surface area (Å²) in [4.78, 5) is 57.1. The molecule has 3 unspecified atom stereocenters. The molecule has 16 heteroatoms. The SMILES string of the molecule is CON(C)C(=O)C(c1ccccc1)n1ccc2[nH][nH]c(=O)c2c1=S.O=C(C(c1ccccc1)n1ccc2[nH][nH]c(=O)c2c1=S)N1CCCC(O)C1. The van der Waals surface area contributed by atoms with Crippen molar-refractivity contribution in [2.75, 3.05) is 27.2 Å². The van der Waals surface area contributed by atoms with Crippen LogP contribution in [0.15, 0.2) is 94.8 Å². The van der Waals surface area contributed by atoms with Gasteiger partial charge in [0.15, 0.2) is 0 Å². The number of hydrogen-bond donors (Lipinski definition) is 5. The van der Waals surface area contributed by atoms with E-state index in [1.807, 2.05) is 60.7 Å². The number of hydroxylamine groups is 2. The van der Waals surface area contributed by atoms with E-state index in [4.69, 9.17) is 29.3 Å². The number of β-amino-alcohol motifs (C(OH)–C–C–N with tert-alkyl or cyclic N) is 1. The van der Waals surface area contributed by atoms with Gasteiger partial charge in [0.1, 0.15) is 32.1 Å². The fourth-order valence-corrected chi connectivity index (χ4v) is 6.97. The summed E-state index contributed by atoms with van der Waals surface area (Å²) in [6, 6.07) is 20.6. The number of hydrogen-bond acceptors (Lipinski definition) is 8. The minimum atomic E-state index is -0.734. The van der Waals surface area contributed by atoms with E-state index in [9.17, 15) is 24.3 Å². The molecule has 51 heavy (non-hydrogen) atoms. The smallest absolute Gasteiger partial charge is 0.274 e. The van der Waals surface area contributed by atoms with Crippen LogP contribution in [0.5, 0.6) is 0 Å². The number of carbonyl (C=O) groups excluding carboxylic acids is 2. The molecule has 5 N–H and O–H groups in total. The number of benzene rings is 2. The molecule has 4 aromatic heterocycles. The molecule has 7 rings (SSSR count). The van der Waals surface area contributed by atoms with E-state index in [1.165, 1.54) is 14.2 Å². The molecule has 1 fully saturated rings. The Bertz CT molecular complexity index is 2410. The normalized spacial score (nSPS) is 15.6. The summed E-state index contributed by atoms with van der Waals surface area (Å²) in [5.41, 5.74) is 2.11. The molecule has 0 radical (unpaired) electrons. The molecule has 0 bridgehead atoms. The van der Waals surface area contributed by atoms with Gasteiger partial charge in [0.25, 0.3) is 17.0 Å². The van der Waals surface area contributed by atoms with E-state index in [0.717, 1.165) is 22.6 Å². The Morgan fingerprint density at radius 1 is 0.804 bits per heavy atom. The van der Waals surface area contributed by atoms with Gasteiger partial charge < -0.3 is 19.1 Å². The summed E-state index contributed by atoms with van der Waals surface area (Å²) in [6.07, 6.45) is 4.36. The van der Waals surface area contributed by atoms with Gasteiger partial charge in [-0.2, -0.15) is 0 Å². The van der Waals surface area contributed by atoms with E-state index in [2.05, 4.69) is 20.4 Å². The highest BCUT2D eigenvalue weighted by atomic mass is 32.1. The molecular formula is C35H36N8O6S2. The fourth-order valence-electron chi connectivity index (χ4n) is 6.23. The van der Waals surface area contributed by atoms with Gasteiger partial charge in [-0.3, -0.25) is 44.4 Å². The van der Waals surface area contributed by atoms with Crippen molar-refractivity contribution < 1.29 is 19.5 Å². The van der Waals surface area contributed by atoms with Crippen molar-refractivity contribution in [2.24, 2.45) is 0 Å². The summed E-state index contributed by atoms with van der Waals surface area (Å²) in [6.45, 7) is 0.905. The number of fused-ring (bicyclic) bond motifs is 2. The lowest BCUT2D eigenvalue weighted by Gasteiger charge is -2.33. The summed E-state index contributed by atoms with van der Waals surface area (Å²) in [7, 11) is 2.95. The first kappa shape index (κ1) is 35.4. The summed E-state index contributed by atoms with van der Waals surface area (Å²) < 4.78 is 3.85. The molecule has 14 nitrogen and oxygen atoms in total. The number of likely N-dealkylation sites (N-methyl/N-ethyl adjacent to an activating group) is 1. The van der Waals surface area contributed by atoms with Gasteiger partial charge in [-0.15, -0.1) is 0 Å². The fraction of sp³-hybridized carbons (Fsp3) is 0.257. The Hall–Kier alpha value is -5.42.